The number of anilines is 2. The van der Waals surface area contributed by atoms with E-state index in [2.05, 4.69) is 16.8 Å². The molecule has 0 amide bonds. The maximum atomic E-state index is 14.5. The normalized spacial score (nSPS) is 19.5. The van der Waals surface area contributed by atoms with Gasteiger partial charge < -0.3 is 10.6 Å². The van der Waals surface area contributed by atoms with Crippen LogP contribution in [-0.4, -0.2) is 17.6 Å². The number of halogens is 1. The van der Waals surface area contributed by atoms with E-state index in [4.69, 9.17) is 5.73 Å². The number of benzene rings is 1. The van der Waals surface area contributed by atoms with E-state index in [1.165, 1.54) is 12.5 Å². The molecule has 2 N–H and O–H groups in total. The lowest BCUT2D eigenvalue weighted by Gasteiger charge is -2.37. The second kappa shape index (κ2) is 5.27. The van der Waals surface area contributed by atoms with Gasteiger partial charge in [0.1, 0.15) is 5.69 Å². The molecule has 0 radical (unpaired) electrons. The minimum atomic E-state index is -0.256. The van der Waals surface area contributed by atoms with Crippen molar-refractivity contribution >= 4 is 22.3 Å². The van der Waals surface area contributed by atoms with E-state index in [-0.39, 0.29) is 5.82 Å². The van der Waals surface area contributed by atoms with Crippen LogP contribution in [0.1, 0.15) is 32.6 Å². The van der Waals surface area contributed by atoms with Gasteiger partial charge in [-0.15, -0.1) is 0 Å². The number of nitrogens with zero attached hydrogens (tertiary/aromatic N) is 2. The summed E-state index contributed by atoms with van der Waals surface area (Å²) in [4.78, 5) is 6.57. The molecule has 0 aliphatic carbocycles. The van der Waals surface area contributed by atoms with Crippen LogP contribution in [0.4, 0.5) is 15.8 Å². The zero-order valence-electron chi connectivity index (χ0n) is 11.8. The Morgan fingerprint density at radius 3 is 3.10 bits per heavy atom. The second-order valence-corrected chi connectivity index (χ2v) is 5.45. The fourth-order valence-corrected chi connectivity index (χ4v) is 3.22. The van der Waals surface area contributed by atoms with Crippen molar-refractivity contribution in [3.63, 3.8) is 0 Å². The Hall–Kier alpha value is -1.84. The summed E-state index contributed by atoms with van der Waals surface area (Å²) in [6.45, 7) is 3.05. The Balaban J connectivity index is 2.19. The zero-order chi connectivity index (χ0) is 14.1. The molecule has 1 atom stereocenters. The standard InChI is InChI=1S/C16H20FN3/c1-2-11-6-3-4-9-20(11)16-13(17)10-14(18)12-7-5-8-19-15(12)16/h5,7-8,10-11H,2-4,6,9,18H2,1H3. The first-order chi connectivity index (χ1) is 9.72. The Morgan fingerprint density at radius 1 is 1.45 bits per heavy atom. The number of piperidine rings is 1. The molecule has 2 heterocycles. The molecule has 1 unspecified atom stereocenters. The highest BCUT2D eigenvalue weighted by molar-refractivity contribution is 5.99. The van der Waals surface area contributed by atoms with Crippen LogP contribution >= 0.6 is 0 Å². The van der Waals surface area contributed by atoms with Crippen LogP contribution in [0.15, 0.2) is 24.4 Å². The lowest BCUT2D eigenvalue weighted by Crippen LogP contribution is -2.39. The lowest BCUT2D eigenvalue weighted by molar-refractivity contribution is 0.444. The van der Waals surface area contributed by atoms with Gasteiger partial charge in [0.25, 0.3) is 0 Å². The highest BCUT2D eigenvalue weighted by Gasteiger charge is 2.26. The molecule has 1 fully saturated rings. The van der Waals surface area contributed by atoms with Gasteiger partial charge in [0.05, 0.1) is 5.52 Å². The molecular formula is C16H20FN3. The minimum absolute atomic E-state index is 0.256. The summed E-state index contributed by atoms with van der Waals surface area (Å²) in [6, 6.07) is 5.58. The topological polar surface area (TPSA) is 42.1 Å². The highest BCUT2D eigenvalue weighted by Crippen LogP contribution is 2.36. The molecule has 3 nitrogen and oxygen atoms in total. The number of aromatic nitrogens is 1. The maximum absolute atomic E-state index is 14.5. The lowest BCUT2D eigenvalue weighted by atomic mass is 9.98. The van der Waals surface area contributed by atoms with Crippen molar-refractivity contribution in [3.05, 3.63) is 30.2 Å². The van der Waals surface area contributed by atoms with Gasteiger partial charge in [0.2, 0.25) is 0 Å². The van der Waals surface area contributed by atoms with Gasteiger partial charge in [-0.3, -0.25) is 4.98 Å². The Kier molecular flexibility index (Phi) is 3.47. The Bertz CT molecular complexity index is 626. The molecule has 4 heteroatoms. The van der Waals surface area contributed by atoms with E-state index < -0.39 is 0 Å². The van der Waals surface area contributed by atoms with E-state index in [0.29, 0.717) is 22.9 Å². The van der Waals surface area contributed by atoms with Gasteiger partial charge in [0.15, 0.2) is 5.82 Å². The summed E-state index contributed by atoms with van der Waals surface area (Å²) in [5, 5.41) is 0.837. The Labute approximate surface area is 118 Å². The average molecular weight is 273 g/mol. The third-order valence-corrected chi connectivity index (χ3v) is 4.24. The first-order valence-corrected chi connectivity index (χ1v) is 7.31. The Morgan fingerprint density at radius 2 is 2.30 bits per heavy atom. The van der Waals surface area contributed by atoms with E-state index in [1.54, 1.807) is 6.20 Å². The molecular weight excluding hydrogens is 253 g/mol. The molecule has 0 spiro atoms. The number of hydrogen-bond acceptors (Lipinski definition) is 3. The first kappa shape index (κ1) is 13.2. The zero-order valence-corrected chi connectivity index (χ0v) is 11.8. The highest BCUT2D eigenvalue weighted by atomic mass is 19.1. The number of nitrogen functional groups attached to an aromatic ring is 1. The minimum Gasteiger partial charge on any atom is -0.398 e. The third-order valence-electron chi connectivity index (χ3n) is 4.24. The van der Waals surface area contributed by atoms with Gasteiger partial charge in [-0.25, -0.2) is 4.39 Å². The van der Waals surface area contributed by atoms with Crippen LogP contribution in [0.3, 0.4) is 0 Å². The molecule has 3 rings (SSSR count). The van der Waals surface area contributed by atoms with Crippen molar-refractivity contribution in [2.75, 3.05) is 17.2 Å². The number of rotatable bonds is 2. The third kappa shape index (κ3) is 2.09. The molecule has 1 aromatic carbocycles. The van der Waals surface area contributed by atoms with Crippen LogP contribution in [0.2, 0.25) is 0 Å². The van der Waals surface area contributed by atoms with Crippen molar-refractivity contribution in [2.24, 2.45) is 0 Å². The van der Waals surface area contributed by atoms with Crippen molar-refractivity contribution in [1.29, 1.82) is 0 Å². The average Bonchev–Trinajstić information content (AvgIpc) is 2.48. The van der Waals surface area contributed by atoms with Gasteiger partial charge in [-0.1, -0.05) is 6.92 Å². The molecule has 20 heavy (non-hydrogen) atoms. The number of hydrogen-bond donors (Lipinski definition) is 1. The molecule has 1 aliphatic heterocycles. The van der Waals surface area contributed by atoms with Crippen molar-refractivity contribution in [2.45, 2.75) is 38.6 Å². The number of pyridine rings is 1. The molecule has 106 valence electrons. The van der Waals surface area contributed by atoms with E-state index in [1.807, 2.05) is 12.1 Å². The van der Waals surface area contributed by atoms with Gasteiger partial charge in [-0.2, -0.15) is 0 Å². The quantitative estimate of drug-likeness (QED) is 0.848. The van der Waals surface area contributed by atoms with Crippen LogP contribution in [0.5, 0.6) is 0 Å². The van der Waals surface area contributed by atoms with Crippen LogP contribution in [0, 0.1) is 5.82 Å². The maximum Gasteiger partial charge on any atom is 0.150 e. The van der Waals surface area contributed by atoms with Crippen LogP contribution < -0.4 is 10.6 Å². The van der Waals surface area contributed by atoms with Gasteiger partial charge >= 0.3 is 0 Å². The molecule has 0 saturated carbocycles. The van der Waals surface area contributed by atoms with Crippen LogP contribution in [0.25, 0.3) is 10.9 Å². The van der Waals surface area contributed by atoms with Crippen LogP contribution in [-0.2, 0) is 0 Å². The summed E-state index contributed by atoms with van der Waals surface area (Å²) in [5.74, 6) is -0.256. The van der Waals surface area contributed by atoms with E-state index in [9.17, 15) is 4.39 Å². The van der Waals surface area contributed by atoms with Gasteiger partial charge in [0, 0.05) is 29.9 Å². The predicted octanol–water partition coefficient (Wildman–Crippen LogP) is 3.73. The monoisotopic (exact) mass is 273 g/mol. The fraction of sp³-hybridized carbons (Fsp3) is 0.438. The first-order valence-electron chi connectivity index (χ1n) is 7.31. The largest absolute Gasteiger partial charge is 0.398 e. The molecule has 2 aromatic rings. The summed E-state index contributed by atoms with van der Waals surface area (Å²) in [7, 11) is 0. The summed E-state index contributed by atoms with van der Waals surface area (Å²) >= 11 is 0. The van der Waals surface area contributed by atoms with Crippen molar-refractivity contribution < 1.29 is 4.39 Å². The van der Waals surface area contributed by atoms with Crippen molar-refractivity contribution in [1.82, 2.24) is 4.98 Å². The van der Waals surface area contributed by atoms with E-state index in [0.717, 1.165) is 31.2 Å². The smallest absolute Gasteiger partial charge is 0.150 e. The molecule has 1 aromatic heterocycles. The SMILES string of the molecule is CCC1CCCCN1c1c(F)cc(N)c2cccnc12. The summed E-state index contributed by atoms with van der Waals surface area (Å²) in [6.07, 6.45) is 6.17. The van der Waals surface area contributed by atoms with E-state index >= 15 is 0 Å². The summed E-state index contributed by atoms with van der Waals surface area (Å²) in [5.41, 5.74) is 7.69. The predicted molar refractivity (Wildman–Crippen MR) is 81.4 cm³/mol. The number of nitrogens with two attached hydrogens (primary N) is 1. The second-order valence-electron chi connectivity index (χ2n) is 5.45. The van der Waals surface area contributed by atoms with Gasteiger partial charge in [-0.05, 0) is 43.9 Å². The molecule has 1 aliphatic rings. The molecule has 0 bridgehead atoms. The fourth-order valence-electron chi connectivity index (χ4n) is 3.22. The van der Waals surface area contributed by atoms with Crippen molar-refractivity contribution in [3.8, 4) is 0 Å². The molecule has 1 saturated heterocycles. The number of fused-ring (bicyclic) bond motifs is 1. The summed E-state index contributed by atoms with van der Waals surface area (Å²) < 4.78 is 14.5.